The fraction of sp³-hybridized carbons (Fsp3) is 0.900. The average molecular weight is 218 g/mol. The molecule has 1 atom stereocenters. The molecule has 0 aromatic heterocycles. The monoisotopic (exact) mass is 218 g/mol. The number of carbonyl (C=O) groups is 1. The van der Waals surface area contributed by atoms with Crippen LogP contribution in [0.3, 0.4) is 0 Å². The Hall–Kier alpha value is -0.220. The highest BCUT2D eigenvalue weighted by molar-refractivity contribution is 7.80. The van der Waals surface area contributed by atoms with Crippen molar-refractivity contribution in [3.63, 3.8) is 0 Å². The van der Waals surface area contributed by atoms with Gasteiger partial charge < -0.3 is 5.32 Å². The predicted octanol–water partition coefficient (Wildman–Crippen LogP) is 1.01. The van der Waals surface area contributed by atoms with Crippen LogP contribution in [0.2, 0.25) is 0 Å². The fourth-order valence-electron chi connectivity index (χ4n) is 1.30. The number of amides is 1. The highest BCUT2D eigenvalue weighted by Crippen LogP contribution is 2.08. The molecule has 0 aliphatic rings. The Bertz CT molecular complexity index is 172. The van der Waals surface area contributed by atoms with Gasteiger partial charge in [-0.05, 0) is 26.4 Å². The molecule has 0 aliphatic carbocycles. The van der Waals surface area contributed by atoms with E-state index in [0.29, 0.717) is 18.2 Å². The van der Waals surface area contributed by atoms with E-state index >= 15 is 0 Å². The van der Waals surface area contributed by atoms with Gasteiger partial charge in [0.05, 0.1) is 6.04 Å². The third-order valence-electron chi connectivity index (χ3n) is 2.03. The molecule has 0 saturated heterocycles. The van der Waals surface area contributed by atoms with Crippen LogP contribution >= 0.6 is 12.6 Å². The molecule has 84 valence electrons. The molecule has 0 aromatic rings. The third-order valence-corrected chi connectivity index (χ3v) is 2.26. The van der Waals surface area contributed by atoms with Crippen molar-refractivity contribution < 1.29 is 4.79 Å². The van der Waals surface area contributed by atoms with Crippen LogP contribution in [0, 0.1) is 5.92 Å². The van der Waals surface area contributed by atoms with Gasteiger partial charge in [-0.2, -0.15) is 12.6 Å². The maximum atomic E-state index is 11.7. The van der Waals surface area contributed by atoms with Crippen molar-refractivity contribution >= 4 is 18.5 Å². The lowest BCUT2D eigenvalue weighted by Crippen LogP contribution is -2.44. The Morgan fingerprint density at radius 2 is 2.00 bits per heavy atom. The first-order chi connectivity index (χ1) is 6.49. The van der Waals surface area contributed by atoms with Crippen molar-refractivity contribution in [3.8, 4) is 0 Å². The van der Waals surface area contributed by atoms with Crippen molar-refractivity contribution in [3.05, 3.63) is 0 Å². The second kappa shape index (κ2) is 7.12. The van der Waals surface area contributed by atoms with Crippen LogP contribution in [0.4, 0.5) is 0 Å². The van der Waals surface area contributed by atoms with E-state index < -0.39 is 0 Å². The first-order valence-corrected chi connectivity index (χ1v) is 5.67. The van der Waals surface area contributed by atoms with Gasteiger partial charge >= 0.3 is 0 Å². The predicted molar refractivity (Wildman–Crippen MR) is 63.8 cm³/mol. The molecular weight excluding hydrogens is 196 g/mol. The molecule has 0 saturated carbocycles. The molecule has 14 heavy (non-hydrogen) atoms. The zero-order chi connectivity index (χ0) is 11.1. The largest absolute Gasteiger partial charge is 0.354 e. The SMILES string of the molecule is CC(C)CC(C(=O)NCCS)N(C)C. The van der Waals surface area contributed by atoms with Gasteiger partial charge in [-0.15, -0.1) is 0 Å². The van der Waals surface area contributed by atoms with Crippen LogP contribution in [0.25, 0.3) is 0 Å². The van der Waals surface area contributed by atoms with Crippen LogP contribution in [0.5, 0.6) is 0 Å². The van der Waals surface area contributed by atoms with Crippen molar-refractivity contribution in [2.45, 2.75) is 26.3 Å². The highest BCUT2D eigenvalue weighted by atomic mass is 32.1. The first-order valence-electron chi connectivity index (χ1n) is 5.04. The van der Waals surface area contributed by atoms with E-state index in [9.17, 15) is 4.79 Å². The summed E-state index contributed by atoms with van der Waals surface area (Å²) < 4.78 is 0. The molecule has 0 heterocycles. The minimum atomic E-state index is -0.0186. The summed E-state index contributed by atoms with van der Waals surface area (Å²) in [4.78, 5) is 13.7. The summed E-state index contributed by atoms with van der Waals surface area (Å²) in [6.07, 6.45) is 0.894. The van der Waals surface area contributed by atoms with Crippen LogP contribution in [0.1, 0.15) is 20.3 Å². The Morgan fingerprint density at radius 3 is 2.36 bits per heavy atom. The zero-order valence-corrected chi connectivity index (χ0v) is 10.5. The molecule has 0 rings (SSSR count). The number of carbonyl (C=O) groups excluding carboxylic acids is 1. The molecule has 4 heteroatoms. The van der Waals surface area contributed by atoms with Gasteiger partial charge in [0.2, 0.25) is 5.91 Å². The van der Waals surface area contributed by atoms with E-state index in [1.165, 1.54) is 0 Å². The molecule has 1 N–H and O–H groups in total. The number of thiol groups is 1. The summed E-state index contributed by atoms with van der Waals surface area (Å²) in [5, 5.41) is 2.86. The van der Waals surface area contributed by atoms with Gasteiger partial charge in [-0.1, -0.05) is 13.8 Å². The molecule has 1 unspecified atom stereocenters. The van der Waals surface area contributed by atoms with E-state index in [0.717, 1.165) is 6.42 Å². The van der Waals surface area contributed by atoms with Gasteiger partial charge in [0.25, 0.3) is 0 Å². The molecule has 1 amide bonds. The minimum Gasteiger partial charge on any atom is -0.354 e. The third kappa shape index (κ3) is 5.50. The Kier molecular flexibility index (Phi) is 7.01. The zero-order valence-electron chi connectivity index (χ0n) is 9.58. The number of hydrogen-bond acceptors (Lipinski definition) is 3. The Morgan fingerprint density at radius 1 is 1.43 bits per heavy atom. The Labute approximate surface area is 92.7 Å². The van der Waals surface area contributed by atoms with Gasteiger partial charge in [0.15, 0.2) is 0 Å². The molecule has 0 aromatic carbocycles. The van der Waals surface area contributed by atoms with Crippen LogP contribution < -0.4 is 5.32 Å². The number of rotatable bonds is 6. The van der Waals surface area contributed by atoms with E-state index in [2.05, 4.69) is 31.8 Å². The molecule has 3 nitrogen and oxygen atoms in total. The summed E-state index contributed by atoms with van der Waals surface area (Å²) >= 11 is 4.06. The summed E-state index contributed by atoms with van der Waals surface area (Å²) in [6, 6.07) is -0.0186. The number of hydrogen-bond donors (Lipinski definition) is 2. The summed E-state index contributed by atoms with van der Waals surface area (Å²) in [7, 11) is 3.88. The topological polar surface area (TPSA) is 32.3 Å². The fourth-order valence-corrected chi connectivity index (χ4v) is 1.41. The normalized spacial score (nSPS) is 13.4. The molecular formula is C10H22N2OS. The molecule has 0 fully saturated rings. The maximum Gasteiger partial charge on any atom is 0.237 e. The van der Waals surface area contributed by atoms with E-state index in [1.807, 2.05) is 19.0 Å². The minimum absolute atomic E-state index is 0.0186. The number of likely N-dealkylation sites (N-methyl/N-ethyl adjacent to an activating group) is 1. The lowest BCUT2D eigenvalue weighted by atomic mass is 10.0. The van der Waals surface area contributed by atoms with Gasteiger partial charge in [0, 0.05) is 12.3 Å². The van der Waals surface area contributed by atoms with Crippen molar-refractivity contribution in [2.24, 2.45) is 5.92 Å². The van der Waals surface area contributed by atoms with Gasteiger partial charge in [-0.3, -0.25) is 9.69 Å². The van der Waals surface area contributed by atoms with E-state index in [1.54, 1.807) is 0 Å². The van der Waals surface area contributed by atoms with E-state index in [-0.39, 0.29) is 11.9 Å². The average Bonchev–Trinajstić information content (AvgIpc) is 2.09. The standard InChI is InChI=1S/C10H22N2OS/c1-8(2)7-9(12(3)4)10(13)11-5-6-14/h8-9,14H,5-7H2,1-4H3,(H,11,13). The highest BCUT2D eigenvalue weighted by Gasteiger charge is 2.20. The quantitative estimate of drug-likeness (QED) is 0.652. The molecule has 0 bridgehead atoms. The number of nitrogens with one attached hydrogen (secondary N) is 1. The van der Waals surface area contributed by atoms with Crippen LogP contribution in [-0.4, -0.2) is 43.2 Å². The summed E-state index contributed by atoms with van der Waals surface area (Å²) in [6.45, 7) is 4.90. The van der Waals surface area contributed by atoms with Gasteiger partial charge in [-0.25, -0.2) is 0 Å². The summed E-state index contributed by atoms with van der Waals surface area (Å²) in [5.74, 6) is 1.33. The lowest BCUT2D eigenvalue weighted by molar-refractivity contribution is -0.125. The first kappa shape index (κ1) is 13.8. The smallest absolute Gasteiger partial charge is 0.237 e. The Balaban J connectivity index is 4.12. The molecule has 0 radical (unpaired) electrons. The van der Waals surface area contributed by atoms with Gasteiger partial charge in [0.1, 0.15) is 0 Å². The van der Waals surface area contributed by atoms with E-state index in [4.69, 9.17) is 0 Å². The molecule has 0 spiro atoms. The van der Waals surface area contributed by atoms with Crippen LogP contribution in [0.15, 0.2) is 0 Å². The molecule has 0 aliphatic heterocycles. The summed E-state index contributed by atoms with van der Waals surface area (Å²) in [5.41, 5.74) is 0. The van der Waals surface area contributed by atoms with Crippen LogP contribution in [-0.2, 0) is 4.79 Å². The van der Waals surface area contributed by atoms with Crippen molar-refractivity contribution in [1.82, 2.24) is 10.2 Å². The maximum absolute atomic E-state index is 11.7. The number of nitrogens with zero attached hydrogens (tertiary/aromatic N) is 1. The second-order valence-electron chi connectivity index (χ2n) is 4.12. The lowest BCUT2D eigenvalue weighted by Gasteiger charge is -2.24. The second-order valence-corrected chi connectivity index (χ2v) is 4.57. The van der Waals surface area contributed by atoms with Crippen molar-refractivity contribution in [1.29, 1.82) is 0 Å². The van der Waals surface area contributed by atoms with Crippen molar-refractivity contribution in [2.75, 3.05) is 26.4 Å².